The van der Waals surface area contributed by atoms with Crippen LogP contribution in [0.2, 0.25) is 0 Å². The molecule has 0 aliphatic heterocycles. The molecule has 12 aromatic rings. The van der Waals surface area contributed by atoms with Gasteiger partial charge < -0.3 is 41.3 Å². The first-order valence-electron chi connectivity index (χ1n) is 22.4. The van der Waals surface area contributed by atoms with Crippen LogP contribution in [0.25, 0.3) is 99.5 Å². The molecule has 74 heavy (non-hydrogen) atoms. The Morgan fingerprint density at radius 2 is 0.716 bits per heavy atom. The number of aromatic nitrogens is 4. The van der Waals surface area contributed by atoms with Crippen molar-refractivity contribution in [1.29, 1.82) is 0 Å². The van der Waals surface area contributed by atoms with Crippen molar-refractivity contribution in [3.63, 3.8) is 0 Å². The molecule has 0 bridgehead atoms. The van der Waals surface area contributed by atoms with Crippen LogP contribution in [0.4, 0.5) is 0 Å². The Morgan fingerprint density at radius 1 is 0.365 bits per heavy atom. The summed E-state index contributed by atoms with van der Waals surface area (Å²) in [7, 11) is 2.00. The summed E-state index contributed by atoms with van der Waals surface area (Å²) in [6.07, 6.45) is 3.58. The molecule has 0 saturated heterocycles. The van der Waals surface area contributed by atoms with E-state index in [0.29, 0.717) is 33.6 Å². The largest absolute Gasteiger partial charge is 2.00 e. The zero-order valence-corrected chi connectivity index (χ0v) is 44.6. The Hall–Kier alpha value is -7.78. The summed E-state index contributed by atoms with van der Waals surface area (Å²) in [4.78, 5) is 18.1. The smallest absolute Gasteiger partial charge is 0.872 e. The summed E-state index contributed by atoms with van der Waals surface area (Å²) in [6.45, 7) is 0. The number of fused-ring (bicyclic) bond motifs is 4. The molecule has 4 heterocycles. The summed E-state index contributed by atoms with van der Waals surface area (Å²) in [5, 5.41) is 48.3. The Labute approximate surface area is 458 Å². The third-order valence-electron chi connectivity index (χ3n) is 11.3. The van der Waals surface area contributed by atoms with Crippen molar-refractivity contribution in [1.82, 2.24) is 19.9 Å². The molecule has 12 rings (SSSR count). The van der Waals surface area contributed by atoms with Gasteiger partial charge in [-0.1, -0.05) is 133 Å². The van der Waals surface area contributed by atoms with Crippen molar-refractivity contribution in [3.05, 3.63) is 243 Å². The van der Waals surface area contributed by atoms with E-state index in [1.165, 1.54) is 0 Å². The monoisotopic (exact) mass is 1340 g/mol. The van der Waals surface area contributed by atoms with E-state index in [1.54, 1.807) is 12.4 Å². The first kappa shape index (κ1) is 58.8. The van der Waals surface area contributed by atoms with Crippen LogP contribution in [0.15, 0.2) is 231 Å². The maximum absolute atomic E-state index is 14.5. The fraction of sp³-hybridized carbons (Fsp3) is 0.0323. The average molecular weight is 1340 g/mol. The Bertz CT molecular complexity index is 3320. The summed E-state index contributed by atoms with van der Waals surface area (Å²) in [5.74, 6) is -0.440. The Balaban J connectivity index is 0.000000305. The number of aliphatic hydroxyl groups is 2. The Kier molecular flexibility index (Phi) is 23.1. The minimum Gasteiger partial charge on any atom is -0.872 e. The Morgan fingerprint density at radius 3 is 1.08 bits per heavy atom. The second-order valence-corrected chi connectivity index (χ2v) is 15.5. The molecule has 0 fully saturated rings. The zero-order valence-electron chi connectivity index (χ0n) is 40.1. The zero-order chi connectivity index (χ0) is 48.7. The molecule has 0 spiro atoms. The van der Waals surface area contributed by atoms with Gasteiger partial charge in [0.1, 0.15) is 0 Å². The molecule has 0 saturated carbocycles. The number of pyridine rings is 4. The third-order valence-corrected chi connectivity index (χ3v) is 11.3. The summed E-state index contributed by atoms with van der Waals surface area (Å²) >= 11 is 0. The first-order valence-corrected chi connectivity index (χ1v) is 22.4. The van der Waals surface area contributed by atoms with E-state index in [0.717, 1.165) is 80.1 Å². The standard InChI is InChI=1S/C38H24N2O2.2C11H8N.2CH4O.2H2O.2Pt/c41-37-29(33-19-17-23-9-3-7-15-31(23)39-33)21-25-11-1-5-13-27(25)35(37)36-28-14-6-2-12-26(28)22-30(38(36)42)34-20-18-24-10-4-8-16-32(24)40-34;2*1-2-6-10(7-3-1)11-8-4-5-9-12-11;2*1-2;;;;/h1-22,41-42H;2*1-6,8-9H;2*2H,1H3;2*1H2;;/q;2*-1;;;;;2*+2/p-2. The SMILES string of the molecule is CO.CO.O.O.[O-]c1c(-c2ccc3ccccc3n2)cc2ccccc2c1-c1c([O-])c(-c2ccc3ccccc3n2)cc2ccccc12.[Pt+2].[Pt+2].[c-]1ccccc1-c1ccccn1.[c-]1ccccc1-c1ccccn1. The van der Waals surface area contributed by atoms with Gasteiger partial charge in [0.25, 0.3) is 0 Å². The van der Waals surface area contributed by atoms with Crippen molar-refractivity contribution in [2.24, 2.45) is 0 Å². The van der Waals surface area contributed by atoms with Gasteiger partial charge in [0.15, 0.2) is 0 Å². The normalized spacial score (nSPS) is 9.84. The molecule has 0 aliphatic rings. The summed E-state index contributed by atoms with van der Waals surface area (Å²) in [5.41, 5.74) is 8.51. The molecule has 374 valence electrons. The number of rotatable bonds is 5. The minimum atomic E-state index is -0.220. The van der Waals surface area contributed by atoms with Crippen LogP contribution >= 0.6 is 0 Å². The fourth-order valence-electron chi connectivity index (χ4n) is 8.12. The van der Waals surface area contributed by atoms with Crippen LogP contribution in [-0.2, 0) is 42.1 Å². The molecule has 8 aromatic carbocycles. The van der Waals surface area contributed by atoms with Crippen molar-refractivity contribution < 1.29 is 73.5 Å². The number of benzene rings is 8. The van der Waals surface area contributed by atoms with E-state index in [2.05, 4.69) is 22.1 Å². The van der Waals surface area contributed by atoms with Crippen LogP contribution < -0.4 is 10.2 Å². The molecule has 0 radical (unpaired) electrons. The predicted molar refractivity (Wildman–Crippen MR) is 288 cm³/mol. The third kappa shape index (κ3) is 13.4. The van der Waals surface area contributed by atoms with Crippen LogP contribution in [0.5, 0.6) is 11.5 Å². The predicted octanol–water partition coefficient (Wildman–Crippen LogP) is 10.9. The summed E-state index contributed by atoms with van der Waals surface area (Å²) in [6, 6.07) is 76.3. The second kappa shape index (κ2) is 29.1. The van der Waals surface area contributed by atoms with Crippen LogP contribution in [-0.4, -0.2) is 55.3 Å². The second-order valence-electron chi connectivity index (χ2n) is 15.5. The van der Waals surface area contributed by atoms with E-state index in [-0.39, 0.29) is 64.6 Å². The first-order chi connectivity index (χ1) is 34.6. The molecule has 12 heteroatoms. The van der Waals surface area contributed by atoms with Gasteiger partial charge in [-0.25, -0.2) is 9.97 Å². The maximum Gasteiger partial charge on any atom is 2.00 e. The van der Waals surface area contributed by atoms with Gasteiger partial charge in [-0.05, 0) is 104 Å². The van der Waals surface area contributed by atoms with Gasteiger partial charge >= 0.3 is 42.1 Å². The summed E-state index contributed by atoms with van der Waals surface area (Å²) < 4.78 is 0. The molecule has 0 amide bonds. The minimum absolute atomic E-state index is 0. The molecule has 0 unspecified atom stereocenters. The average Bonchev–Trinajstić information content (AvgIpc) is 3.45. The van der Waals surface area contributed by atoms with E-state index < -0.39 is 0 Å². The molecular formula is C62H50N4O6Pt2. The van der Waals surface area contributed by atoms with Gasteiger partial charge in [-0.2, -0.15) is 0 Å². The topological polar surface area (TPSA) is 201 Å². The molecule has 10 nitrogen and oxygen atoms in total. The van der Waals surface area contributed by atoms with Crippen molar-refractivity contribution in [2.45, 2.75) is 0 Å². The molecule has 0 aliphatic carbocycles. The van der Waals surface area contributed by atoms with Crippen molar-refractivity contribution in [3.8, 4) is 67.7 Å². The molecule has 4 aromatic heterocycles. The van der Waals surface area contributed by atoms with Gasteiger partial charge in [0.2, 0.25) is 0 Å². The number of nitrogens with zero attached hydrogens (tertiary/aromatic N) is 4. The van der Waals surface area contributed by atoms with Crippen LogP contribution in [0.1, 0.15) is 0 Å². The molecular weight excluding hydrogens is 1290 g/mol. The van der Waals surface area contributed by atoms with Gasteiger partial charge in [-0.3, -0.25) is 0 Å². The van der Waals surface area contributed by atoms with E-state index in [1.807, 2.05) is 218 Å². The number of para-hydroxylation sites is 2. The number of hydrogen-bond acceptors (Lipinski definition) is 8. The van der Waals surface area contributed by atoms with Crippen LogP contribution in [0, 0.1) is 12.1 Å². The van der Waals surface area contributed by atoms with Gasteiger partial charge in [-0.15, -0.1) is 71.8 Å². The van der Waals surface area contributed by atoms with E-state index in [4.69, 9.17) is 20.2 Å². The van der Waals surface area contributed by atoms with Crippen molar-refractivity contribution >= 4 is 43.4 Å². The quantitative estimate of drug-likeness (QED) is 0.158. The van der Waals surface area contributed by atoms with E-state index in [9.17, 15) is 10.2 Å². The number of hydrogen-bond donors (Lipinski definition) is 2. The fourth-order valence-corrected chi connectivity index (χ4v) is 8.12. The van der Waals surface area contributed by atoms with E-state index >= 15 is 0 Å². The number of aliphatic hydroxyl groups excluding tert-OH is 2. The molecule has 0 atom stereocenters. The maximum atomic E-state index is 14.5. The van der Waals surface area contributed by atoms with Gasteiger partial charge in [0, 0.05) is 37.4 Å². The van der Waals surface area contributed by atoms with Gasteiger partial charge in [0.05, 0.1) is 22.4 Å². The molecule has 6 N–H and O–H groups in total. The van der Waals surface area contributed by atoms with Crippen molar-refractivity contribution in [2.75, 3.05) is 14.2 Å². The van der Waals surface area contributed by atoms with Crippen LogP contribution in [0.3, 0.4) is 0 Å².